The van der Waals surface area contributed by atoms with E-state index in [1.54, 1.807) is 6.20 Å². The van der Waals surface area contributed by atoms with Crippen molar-refractivity contribution in [2.45, 2.75) is 6.61 Å². The van der Waals surface area contributed by atoms with Crippen LogP contribution in [0.3, 0.4) is 0 Å². The van der Waals surface area contributed by atoms with E-state index in [1.807, 2.05) is 30.3 Å². The highest BCUT2D eigenvalue weighted by molar-refractivity contribution is 5.92. The summed E-state index contributed by atoms with van der Waals surface area (Å²) in [7, 11) is 0. The number of hydrogen-bond acceptors (Lipinski definition) is 5. The first-order valence-corrected chi connectivity index (χ1v) is 5.16. The molecule has 0 saturated heterocycles. The SMILES string of the molecule is OCc1nc(-c2nccc3ccccc23)no1. The Labute approximate surface area is 96.7 Å². The largest absolute Gasteiger partial charge is 0.387 e. The second-order valence-electron chi connectivity index (χ2n) is 3.55. The monoisotopic (exact) mass is 227 g/mol. The first-order chi connectivity index (χ1) is 8.38. The number of hydrogen-bond donors (Lipinski definition) is 1. The highest BCUT2D eigenvalue weighted by atomic mass is 16.5. The van der Waals surface area contributed by atoms with E-state index in [0.29, 0.717) is 11.5 Å². The van der Waals surface area contributed by atoms with Gasteiger partial charge >= 0.3 is 0 Å². The Morgan fingerprint density at radius 2 is 2.06 bits per heavy atom. The van der Waals surface area contributed by atoms with Crippen LogP contribution in [0, 0.1) is 0 Å². The molecule has 3 rings (SSSR count). The predicted octanol–water partition coefficient (Wildman–Crippen LogP) is 1.78. The minimum Gasteiger partial charge on any atom is -0.387 e. The van der Waals surface area contributed by atoms with Crippen LogP contribution in [0.15, 0.2) is 41.1 Å². The van der Waals surface area contributed by atoms with Gasteiger partial charge in [0.05, 0.1) is 0 Å². The molecule has 0 saturated carbocycles. The van der Waals surface area contributed by atoms with Gasteiger partial charge in [0, 0.05) is 11.6 Å². The molecule has 5 nitrogen and oxygen atoms in total. The fourth-order valence-corrected chi connectivity index (χ4v) is 1.71. The highest BCUT2D eigenvalue weighted by Gasteiger charge is 2.11. The Hall–Kier alpha value is -2.27. The van der Waals surface area contributed by atoms with Gasteiger partial charge in [-0.25, -0.2) is 0 Å². The van der Waals surface area contributed by atoms with Crippen LogP contribution in [-0.4, -0.2) is 20.2 Å². The van der Waals surface area contributed by atoms with E-state index < -0.39 is 0 Å². The maximum atomic E-state index is 8.89. The minimum absolute atomic E-state index is 0.190. The smallest absolute Gasteiger partial charge is 0.252 e. The molecular weight excluding hydrogens is 218 g/mol. The Morgan fingerprint density at radius 3 is 2.88 bits per heavy atom. The Balaban J connectivity index is 2.23. The van der Waals surface area contributed by atoms with Crippen LogP contribution in [0.5, 0.6) is 0 Å². The van der Waals surface area contributed by atoms with Crippen molar-refractivity contribution in [2.24, 2.45) is 0 Å². The average Bonchev–Trinajstić information content (AvgIpc) is 2.87. The van der Waals surface area contributed by atoms with Gasteiger partial charge in [0.1, 0.15) is 12.3 Å². The lowest BCUT2D eigenvalue weighted by Crippen LogP contribution is -1.88. The third kappa shape index (κ3) is 1.66. The fourth-order valence-electron chi connectivity index (χ4n) is 1.71. The van der Waals surface area contributed by atoms with E-state index in [0.717, 1.165) is 10.8 Å². The van der Waals surface area contributed by atoms with Gasteiger partial charge in [-0.05, 0) is 11.5 Å². The average molecular weight is 227 g/mol. The lowest BCUT2D eigenvalue weighted by Gasteiger charge is -2.00. The molecule has 0 radical (unpaired) electrons. The van der Waals surface area contributed by atoms with Crippen LogP contribution in [0.2, 0.25) is 0 Å². The number of pyridine rings is 1. The number of rotatable bonds is 2. The summed E-state index contributed by atoms with van der Waals surface area (Å²) in [5.74, 6) is 0.584. The zero-order valence-electron chi connectivity index (χ0n) is 8.87. The molecule has 84 valence electrons. The summed E-state index contributed by atoms with van der Waals surface area (Å²) >= 11 is 0. The van der Waals surface area contributed by atoms with E-state index in [-0.39, 0.29) is 12.5 Å². The number of benzene rings is 1. The molecule has 0 aliphatic rings. The molecule has 2 heterocycles. The topological polar surface area (TPSA) is 72.0 Å². The van der Waals surface area contributed by atoms with Crippen molar-refractivity contribution < 1.29 is 9.63 Å². The normalized spacial score (nSPS) is 10.9. The predicted molar refractivity (Wildman–Crippen MR) is 61.0 cm³/mol. The van der Waals surface area contributed by atoms with Crippen LogP contribution in [0.4, 0.5) is 0 Å². The van der Waals surface area contributed by atoms with Gasteiger partial charge in [0.15, 0.2) is 0 Å². The standard InChI is InChI=1S/C12H9N3O2/c16-7-10-14-12(15-17-10)11-9-4-2-1-3-8(9)5-6-13-11/h1-6,16H,7H2. The van der Waals surface area contributed by atoms with Crippen molar-refractivity contribution in [1.82, 2.24) is 15.1 Å². The maximum Gasteiger partial charge on any atom is 0.252 e. The van der Waals surface area contributed by atoms with E-state index in [4.69, 9.17) is 9.63 Å². The summed E-state index contributed by atoms with van der Waals surface area (Å²) in [6.45, 7) is -0.266. The van der Waals surface area contributed by atoms with Gasteiger partial charge in [-0.15, -0.1) is 0 Å². The van der Waals surface area contributed by atoms with Gasteiger partial charge in [0.25, 0.3) is 5.89 Å². The summed E-state index contributed by atoms with van der Waals surface area (Å²) in [5.41, 5.74) is 0.659. The molecule has 5 heteroatoms. The second-order valence-corrected chi connectivity index (χ2v) is 3.55. The highest BCUT2D eigenvalue weighted by Crippen LogP contribution is 2.23. The summed E-state index contributed by atoms with van der Waals surface area (Å²) < 4.78 is 4.87. The van der Waals surface area contributed by atoms with Crippen molar-refractivity contribution >= 4 is 10.8 Å². The summed E-state index contributed by atoms with van der Waals surface area (Å²) in [6.07, 6.45) is 1.70. The molecule has 17 heavy (non-hydrogen) atoms. The van der Waals surface area contributed by atoms with E-state index in [2.05, 4.69) is 15.1 Å². The molecule has 1 aromatic carbocycles. The third-order valence-corrected chi connectivity index (χ3v) is 2.49. The third-order valence-electron chi connectivity index (χ3n) is 2.49. The number of aliphatic hydroxyl groups excluding tert-OH is 1. The lowest BCUT2D eigenvalue weighted by atomic mass is 10.1. The van der Waals surface area contributed by atoms with E-state index >= 15 is 0 Å². The first-order valence-electron chi connectivity index (χ1n) is 5.16. The van der Waals surface area contributed by atoms with Gasteiger partial charge < -0.3 is 9.63 Å². The molecule has 0 aliphatic heterocycles. The Bertz CT molecular complexity index is 658. The molecule has 0 bridgehead atoms. The molecule has 0 unspecified atom stereocenters. The number of fused-ring (bicyclic) bond motifs is 1. The molecule has 2 aromatic heterocycles. The van der Waals surface area contributed by atoms with Crippen molar-refractivity contribution in [1.29, 1.82) is 0 Å². The van der Waals surface area contributed by atoms with Crippen LogP contribution in [0.1, 0.15) is 5.89 Å². The maximum absolute atomic E-state index is 8.89. The molecule has 0 atom stereocenters. The van der Waals surface area contributed by atoms with Crippen molar-refractivity contribution in [3.8, 4) is 11.5 Å². The Morgan fingerprint density at radius 1 is 1.18 bits per heavy atom. The van der Waals surface area contributed by atoms with Gasteiger partial charge in [0.2, 0.25) is 5.82 Å². The van der Waals surface area contributed by atoms with Gasteiger partial charge in [-0.3, -0.25) is 4.98 Å². The van der Waals surface area contributed by atoms with Crippen molar-refractivity contribution in [3.63, 3.8) is 0 Å². The van der Waals surface area contributed by atoms with Crippen molar-refractivity contribution in [2.75, 3.05) is 0 Å². The first kappa shape index (κ1) is 9.92. The van der Waals surface area contributed by atoms with Crippen LogP contribution >= 0.6 is 0 Å². The van der Waals surface area contributed by atoms with E-state index in [1.165, 1.54) is 0 Å². The van der Waals surface area contributed by atoms with Crippen molar-refractivity contribution in [3.05, 3.63) is 42.4 Å². The quantitative estimate of drug-likeness (QED) is 0.722. The lowest BCUT2D eigenvalue weighted by molar-refractivity contribution is 0.222. The molecular formula is C12H9N3O2. The summed E-state index contributed by atoms with van der Waals surface area (Å²) in [4.78, 5) is 8.32. The van der Waals surface area contributed by atoms with Crippen LogP contribution < -0.4 is 0 Å². The van der Waals surface area contributed by atoms with Crippen LogP contribution in [-0.2, 0) is 6.61 Å². The number of aliphatic hydroxyl groups is 1. The number of nitrogens with zero attached hydrogens (tertiary/aromatic N) is 3. The second kappa shape index (κ2) is 3.95. The fraction of sp³-hybridized carbons (Fsp3) is 0.0833. The molecule has 0 spiro atoms. The van der Waals surface area contributed by atoms with Gasteiger partial charge in [-0.2, -0.15) is 4.98 Å². The zero-order valence-corrected chi connectivity index (χ0v) is 8.87. The molecule has 0 fully saturated rings. The van der Waals surface area contributed by atoms with Crippen LogP contribution in [0.25, 0.3) is 22.3 Å². The molecule has 1 N–H and O–H groups in total. The molecule has 0 amide bonds. The number of aromatic nitrogens is 3. The zero-order chi connectivity index (χ0) is 11.7. The Kier molecular flexibility index (Phi) is 2.31. The van der Waals surface area contributed by atoms with E-state index in [9.17, 15) is 0 Å². The van der Waals surface area contributed by atoms with Gasteiger partial charge in [-0.1, -0.05) is 29.4 Å². The molecule has 3 aromatic rings. The molecule has 0 aliphatic carbocycles. The summed E-state index contributed by atoms with van der Waals surface area (Å²) in [5, 5.41) is 14.7. The summed E-state index contributed by atoms with van der Waals surface area (Å²) in [6, 6.07) is 9.76. The minimum atomic E-state index is -0.266.